The van der Waals surface area contributed by atoms with Gasteiger partial charge >= 0.3 is 0 Å². The van der Waals surface area contributed by atoms with Crippen LogP contribution in [-0.2, 0) is 16.6 Å². The van der Waals surface area contributed by atoms with Gasteiger partial charge in [0, 0.05) is 18.3 Å². The molecule has 2 N–H and O–H groups in total. The highest BCUT2D eigenvalue weighted by atomic mass is 32.2. The molecule has 0 aliphatic heterocycles. The van der Waals surface area contributed by atoms with E-state index in [1.165, 1.54) is 6.07 Å². The van der Waals surface area contributed by atoms with Gasteiger partial charge in [0.1, 0.15) is 5.82 Å². The lowest BCUT2D eigenvalue weighted by molar-refractivity contribution is 0.102. The second kappa shape index (κ2) is 8.33. The first-order chi connectivity index (χ1) is 13.3. The van der Waals surface area contributed by atoms with Crippen LogP contribution in [0.1, 0.15) is 27.0 Å². The number of nitrogens with one attached hydrogen (secondary N) is 2. The molecule has 0 aliphatic carbocycles. The van der Waals surface area contributed by atoms with Gasteiger partial charge in [-0.15, -0.1) is 0 Å². The zero-order chi connectivity index (χ0) is 20.1. The van der Waals surface area contributed by atoms with Crippen LogP contribution in [0.25, 0.3) is 0 Å². The summed E-state index contributed by atoms with van der Waals surface area (Å²) >= 11 is 0. The Morgan fingerprint density at radius 3 is 2.43 bits per heavy atom. The molecule has 0 radical (unpaired) electrons. The van der Waals surface area contributed by atoms with Crippen molar-refractivity contribution in [3.63, 3.8) is 0 Å². The number of aromatic nitrogens is 1. The highest BCUT2D eigenvalue weighted by Gasteiger charge is 2.19. The lowest BCUT2D eigenvalue weighted by atomic mass is 10.1. The van der Waals surface area contributed by atoms with Gasteiger partial charge < -0.3 is 5.32 Å². The molecule has 1 heterocycles. The molecule has 0 spiro atoms. The molecule has 28 heavy (non-hydrogen) atoms. The Morgan fingerprint density at radius 1 is 1.00 bits per heavy atom. The van der Waals surface area contributed by atoms with E-state index in [1.54, 1.807) is 31.3 Å². The second-order valence-corrected chi connectivity index (χ2v) is 8.20. The molecule has 0 atom stereocenters. The molecule has 0 saturated carbocycles. The minimum absolute atomic E-state index is 0.0768. The van der Waals surface area contributed by atoms with E-state index in [0.29, 0.717) is 11.4 Å². The lowest BCUT2D eigenvalue weighted by Gasteiger charge is -2.11. The van der Waals surface area contributed by atoms with E-state index in [0.717, 1.165) is 11.1 Å². The molecule has 0 aliphatic rings. The summed E-state index contributed by atoms with van der Waals surface area (Å²) in [6.45, 7) is 3.77. The number of anilines is 1. The lowest BCUT2D eigenvalue weighted by Crippen LogP contribution is -2.24. The molecule has 0 unspecified atom stereocenters. The van der Waals surface area contributed by atoms with Crippen molar-refractivity contribution < 1.29 is 13.2 Å². The molecule has 0 fully saturated rings. The van der Waals surface area contributed by atoms with Crippen LogP contribution in [0.2, 0.25) is 0 Å². The number of sulfonamides is 1. The number of aryl methyl sites for hydroxylation is 2. The van der Waals surface area contributed by atoms with Crippen LogP contribution in [0.3, 0.4) is 0 Å². The predicted octanol–water partition coefficient (Wildman–Crippen LogP) is 3.43. The van der Waals surface area contributed by atoms with Crippen LogP contribution in [0, 0.1) is 13.8 Å². The van der Waals surface area contributed by atoms with E-state index < -0.39 is 15.9 Å². The Hall–Kier alpha value is -3.03. The minimum atomic E-state index is -3.77. The van der Waals surface area contributed by atoms with Crippen LogP contribution in [-0.4, -0.2) is 19.3 Å². The number of benzene rings is 2. The molecule has 3 rings (SSSR count). The molecule has 1 amide bonds. The maximum atomic E-state index is 12.7. The molecule has 0 bridgehead atoms. The number of pyridine rings is 1. The summed E-state index contributed by atoms with van der Waals surface area (Å²) in [5.74, 6) is -0.0151. The van der Waals surface area contributed by atoms with Crippen LogP contribution < -0.4 is 10.0 Å². The molecule has 2 aromatic carbocycles. The van der Waals surface area contributed by atoms with Gasteiger partial charge in [0.05, 0.1) is 4.90 Å². The first kappa shape index (κ1) is 19.7. The number of carbonyl (C=O) groups is 1. The van der Waals surface area contributed by atoms with Crippen LogP contribution in [0.4, 0.5) is 5.82 Å². The molecule has 1 aromatic heterocycles. The maximum Gasteiger partial charge on any atom is 0.256 e. The Kier molecular flexibility index (Phi) is 5.87. The normalized spacial score (nSPS) is 11.2. The van der Waals surface area contributed by atoms with Gasteiger partial charge in [0.15, 0.2) is 0 Å². The number of rotatable bonds is 6. The van der Waals surface area contributed by atoms with Gasteiger partial charge in [-0.1, -0.05) is 42.5 Å². The van der Waals surface area contributed by atoms with Gasteiger partial charge in [-0.05, 0) is 48.7 Å². The van der Waals surface area contributed by atoms with Crippen molar-refractivity contribution in [3.8, 4) is 0 Å². The van der Waals surface area contributed by atoms with E-state index in [-0.39, 0.29) is 17.0 Å². The monoisotopic (exact) mass is 395 g/mol. The second-order valence-electron chi connectivity index (χ2n) is 6.47. The third-order valence-corrected chi connectivity index (χ3v) is 5.75. The summed E-state index contributed by atoms with van der Waals surface area (Å²) < 4.78 is 28.1. The smallest absolute Gasteiger partial charge is 0.256 e. The van der Waals surface area contributed by atoms with Gasteiger partial charge in [-0.2, -0.15) is 0 Å². The molecule has 6 nitrogen and oxygen atoms in total. The van der Waals surface area contributed by atoms with Gasteiger partial charge in [0.2, 0.25) is 10.0 Å². The standard InChI is InChI=1S/C21H21N3O3S/c1-15-8-11-20(22-13-15)24-21(25)18-10-9-16(2)19(12-18)28(26,27)23-14-17-6-4-3-5-7-17/h3-13,23H,14H2,1-2H3,(H,22,24,25). The Bertz CT molecular complexity index is 1080. The average Bonchev–Trinajstić information content (AvgIpc) is 2.69. The fourth-order valence-corrected chi connectivity index (χ4v) is 3.90. The number of nitrogens with zero attached hydrogens (tertiary/aromatic N) is 1. The number of hydrogen-bond donors (Lipinski definition) is 2. The van der Waals surface area contributed by atoms with E-state index in [9.17, 15) is 13.2 Å². The topological polar surface area (TPSA) is 88.2 Å². The summed E-state index contributed by atoms with van der Waals surface area (Å²) in [6, 6.07) is 17.4. The summed E-state index contributed by atoms with van der Waals surface area (Å²) in [5.41, 5.74) is 2.63. The zero-order valence-corrected chi connectivity index (χ0v) is 16.5. The van der Waals surface area contributed by atoms with Gasteiger partial charge in [0.25, 0.3) is 5.91 Å². The number of carbonyl (C=O) groups excluding carboxylic acids is 1. The first-order valence-corrected chi connectivity index (χ1v) is 10.2. The Morgan fingerprint density at radius 2 is 1.75 bits per heavy atom. The molecule has 7 heteroatoms. The van der Waals surface area contributed by atoms with Crippen LogP contribution in [0.15, 0.2) is 71.8 Å². The van der Waals surface area contributed by atoms with Crippen molar-refractivity contribution in [2.75, 3.05) is 5.32 Å². The molecular weight excluding hydrogens is 374 g/mol. The van der Waals surface area contributed by atoms with Crippen molar-refractivity contribution in [1.29, 1.82) is 0 Å². The van der Waals surface area contributed by atoms with E-state index in [1.807, 2.05) is 43.3 Å². The third-order valence-electron chi connectivity index (χ3n) is 4.20. The molecule has 144 valence electrons. The molecule has 3 aromatic rings. The molecular formula is C21H21N3O3S. The van der Waals surface area contributed by atoms with Gasteiger partial charge in [-0.3, -0.25) is 4.79 Å². The third kappa shape index (κ3) is 4.82. The highest BCUT2D eigenvalue weighted by molar-refractivity contribution is 7.89. The maximum absolute atomic E-state index is 12.7. The van der Waals surface area contributed by atoms with E-state index in [4.69, 9.17) is 0 Å². The number of hydrogen-bond acceptors (Lipinski definition) is 4. The van der Waals surface area contributed by atoms with Crippen molar-refractivity contribution in [2.24, 2.45) is 0 Å². The fraction of sp³-hybridized carbons (Fsp3) is 0.143. The van der Waals surface area contributed by atoms with Crippen molar-refractivity contribution in [3.05, 3.63) is 89.1 Å². The van der Waals surface area contributed by atoms with Crippen LogP contribution >= 0.6 is 0 Å². The Balaban J connectivity index is 1.79. The summed E-state index contributed by atoms with van der Waals surface area (Å²) in [5, 5.41) is 2.68. The summed E-state index contributed by atoms with van der Waals surface area (Å²) in [4.78, 5) is 16.7. The summed E-state index contributed by atoms with van der Waals surface area (Å²) in [6.07, 6.45) is 1.65. The van der Waals surface area contributed by atoms with Crippen molar-refractivity contribution in [1.82, 2.24) is 9.71 Å². The van der Waals surface area contributed by atoms with Crippen molar-refractivity contribution >= 4 is 21.7 Å². The number of amides is 1. The highest BCUT2D eigenvalue weighted by Crippen LogP contribution is 2.18. The van der Waals surface area contributed by atoms with E-state index >= 15 is 0 Å². The van der Waals surface area contributed by atoms with Crippen molar-refractivity contribution in [2.45, 2.75) is 25.3 Å². The largest absolute Gasteiger partial charge is 0.307 e. The minimum Gasteiger partial charge on any atom is -0.307 e. The SMILES string of the molecule is Cc1ccc(NC(=O)c2ccc(C)c(S(=O)(=O)NCc3ccccc3)c2)nc1. The average molecular weight is 395 g/mol. The van der Waals surface area contributed by atoms with Crippen LogP contribution in [0.5, 0.6) is 0 Å². The Labute approximate surface area is 164 Å². The van der Waals surface area contributed by atoms with E-state index in [2.05, 4.69) is 15.0 Å². The zero-order valence-electron chi connectivity index (χ0n) is 15.6. The summed E-state index contributed by atoms with van der Waals surface area (Å²) in [7, 11) is -3.77. The first-order valence-electron chi connectivity index (χ1n) is 8.73. The van der Waals surface area contributed by atoms with Gasteiger partial charge in [-0.25, -0.2) is 18.1 Å². The molecule has 0 saturated heterocycles. The fourth-order valence-electron chi connectivity index (χ4n) is 2.61. The predicted molar refractivity (Wildman–Crippen MR) is 109 cm³/mol. The quantitative estimate of drug-likeness (QED) is 0.669.